The van der Waals surface area contributed by atoms with Gasteiger partial charge in [0, 0.05) is 5.92 Å². The van der Waals surface area contributed by atoms with Gasteiger partial charge in [-0.15, -0.1) is 0 Å². The molecule has 1 fully saturated rings. The summed E-state index contributed by atoms with van der Waals surface area (Å²) in [5.74, 6) is 2.16. The van der Waals surface area contributed by atoms with Gasteiger partial charge in [0.2, 0.25) is 0 Å². The number of allylic oxidation sites excluding steroid dienone is 4. The maximum absolute atomic E-state index is 3.88. The molecule has 0 aromatic heterocycles. The third-order valence-corrected chi connectivity index (χ3v) is 5.47. The first-order chi connectivity index (χ1) is 10.9. The summed E-state index contributed by atoms with van der Waals surface area (Å²) in [6.07, 6.45) is 14.2. The van der Waals surface area contributed by atoms with Gasteiger partial charge in [0.05, 0.1) is 0 Å². The van der Waals surface area contributed by atoms with Gasteiger partial charge >= 0.3 is 0 Å². The third kappa shape index (κ3) is 1.70. The fourth-order valence-corrected chi connectivity index (χ4v) is 4.53. The van der Waals surface area contributed by atoms with Gasteiger partial charge in [-0.2, -0.15) is 0 Å². The van der Waals surface area contributed by atoms with Crippen molar-refractivity contribution in [1.29, 1.82) is 0 Å². The van der Waals surface area contributed by atoms with Crippen molar-refractivity contribution in [2.75, 3.05) is 0 Å². The van der Waals surface area contributed by atoms with E-state index in [1.54, 1.807) is 0 Å². The fourth-order valence-electron chi connectivity index (χ4n) is 4.53. The van der Waals surface area contributed by atoms with Crippen molar-refractivity contribution >= 4 is 0 Å². The Morgan fingerprint density at radius 2 is 1.41 bits per heavy atom. The van der Waals surface area contributed by atoms with Crippen molar-refractivity contribution in [2.24, 2.45) is 17.8 Å². The highest BCUT2D eigenvalue weighted by molar-refractivity contribution is 5.79. The summed E-state index contributed by atoms with van der Waals surface area (Å²) in [5.41, 5.74) is 5.83. The summed E-state index contributed by atoms with van der Waals surface area (Å²) >= 11 is 0. The van der Waals surface area contributed by atoms with Gasteiger partial charge in [-0.3, -0.25) is 0 Å². The molecule has 0 spiro atoms. The van der Waals surface area contributed by atoms with E-state index in [0.717, 1.165) is 0 Å². The van der Waals surface area contributed by atoms with Crippen molar-refractivity contribution in [3.05, 3.63) is 90.4 Å². The Labute approximate surface area is 132 Å². The molecule has 3 unspecified atom stereocenters. The Hall–Kier alpha value is -2.08. The lowest BCUT2D eigenvalue weighted by Crippen LogP contribution is -2.09. The Bertz CT molecular complexity index is 715. The van der Waals surface area contributed by atoms with Gasteiger partial charge in [0.15, 0.2) is 0 Å². The Morgan fingerprint density at radius 1 is 0.773 bits per heavy atom. The van der Waals surface area contributed by atoms with Gasteiger partial charge in [-0.05, 0) is 52.8 Å². The summed E-state index contributed by atoms with van der Waals surface area (Å²) < 4.78 is 0. The molecule has 0 saturated heterocycles. The van der Waals surface area contributed by atoms with Crippen molar-refractivity contribution in [3.63, 3.8) is 0 Å². The van der Waals surface area contributed by atoms with Crippen LogP contribution in [-0.4, -0.2) is 0 Å². The van der Waals surface area contributed by atoms with Crippen LogP contribution in [0.3, 0.4) is 0 Å². The summed E-state index contributed by atoms with van der Waals surface area (Å²) in [5, 5.41) is 0. The highest BCUT2D eigenvalue weighted by atomic mass is 14.4. The van der Waals surface area contributed by atoms with E-state index >= 15 is 0 Å². The molecule has 0 N–H and O–H groups in total. The highest BCUT2D eigenvalue weighted by Crippen LogP contribution is 2.54. The first kappa shape index (κ1) is 12.5. The molecule has 1 saturated carbocycles. The van der Waals surface area contributed by atoms with Gasteiger partial charge in [0.1, 0.15) is 0 Å². The van der Waals surface area contributed by atoms with Crippen molar-refractivity contribution in [1.82, 2.24) is 0 Å². The zero-order chi connectivity index (χ0) is 14.5. The van der Waals surface area contributed by atoms with Crippen molar-refractivity contribution in [2.45, 2.75) is 12.3 Å². The molecule has 2 aromatic rings. The van der Waals surface area contributed by atoms with Crippen LogP contribution < -0.4 is 0 Å². The summed E-state index contributed by atoms with van der Waals surface area (Å²) in [4.78, 5) is 0. The van der Waals surface area contributed by atoms with Crippen LogP contribution in [0, 0.1) is 24.2 Å². The first-order valence-electron chi connectivity index (χ1n) is 8.21. The lowest BCUT2D eigenvalue weighted by atomic mass is 9.82. The normalized spacial score (nSPS) is 28.5. The lowest BCUT2D eigenvalue weighted by molar-refractivity contribution is 0.511. The molecule has 0 heterocycles. The minimum absolute atomic E-state index is 0.486. The van der Waals surface area contributed by atoms with E-state index in [1.165, 1.54) is 28.7 Å². The molecule has 22 heavy (non-hydrogen) atoms. The second kappa shape index (κ2) is 4.71. The van der Waals surface area contributed by atoms with E-state index < -0.39 is 0 Å². The predicted molar refractivity (Wildman–Crippen MR) is 90.3 cm³/mol. The molecule has 3 aliphatic carbocycles. The van der Waals surface area contributed by atoms with Crippen LogP contribution >= 0.6 is 0 Å². The van der Waals surface area contributed by atoms with Crippen molar-refractivity contribution in [3.8, 4) is 11.1 Å². The van der Waals surface area contributed by atoms with E-state index in [1.807, 2.05) is 0 Å². The lowest BCUT2D eigenvalue weighted by Gasteiger charge is -2.21. The van der Waals surface area contributed by atoms with Gasteiger partial charge < -0.3 is 0 Å². The fraction of sp³-hybridized carbons (Fsp3) is 0.227. The number of hydrogen-bond donors (Lipinski definition) is 0. The molecule has 0 aliphatic heterocycles. The van der Waals surface area contributed by atoms with Crippen LogP contribution in [0.2, 0.25) is 0 Å². The molecule has 3 aliphatic rings. The SMILES string of the molecule is [C]1C2C=CC=CC2CC1C1c2ccccc2-c2ccccc21. The molecule has 0 heteroatoms. The van der Waals surface area contributed by atoms with Gasteiger partial charge in [-0.1, -0.05) is 72.8 Å². The number of fused-ring (bicyclic) bond motifs is 4. The zero-order valence-electron chi connectivity index (χ0n) is 12.4. The second-order valence-corrected chi connectivity index (χ2v) is 6.62. The van der Waals surface area contributed by atoms with Crippen LogP contribution in [0.25, 0.3) is 11.1 Å². The molecule has 3 atom stereocenters. The maximum atomic E-state index is 3.88. The predicted octanol–water partition coefficient (Wildman–Crippen LogP) is 5.26. The maximum Gasteiger partial charge on any atom is 0.0136 e. The number of hydrogen-bond acceptors (Lipinski definition) is 0. The molecule has 0 nitrogen and oxygen atoms in total. The van der Waals surface area contributed by atoms with Crippen LogP contribution in [-0.2, 0) is 0 Å². The van der Waals surface area contributed by atoms with Crippen LogP contribution in [0.15, 0.2) is 72.8 Å². The zero-order valence-corrected chi connectivity index (χ0v) is 12.4. The molecule has 5 rings (SSSR count). The summed E-state index contributed by atoms with van der Waals surface area (Å²) in [6.45, 7) is 0. The molecular formula is C22H18. The average molecular weight is 282 g/mol. The molecule has 2 radical (unpaired) electrons. The molecule has 106 valence electrons. The standard InChI is InChI=1S/C22H18/c1-2-8-16-14-17(13-15(16)7-1)22-20-11-5-3-9-18(20)19-10-4-6-12-21(19)22/h1-12,15-17,22H,13H2. The van der Waals surface area contributed by atoms with Crippen LogP contribution in [0.4, 0.5) is 0 Å². The van der Waals surface area contributed by atoms with E-state index in [0.29, 0.717) is 23.7 Å². The van der Waals surface area contributed by atoms with E-state index in [9.17, 15) is 0 Å². The number of rotatable bonds is 1. The topological polar surface area (TPSA) is 0 Å². The summed E-state index contributed by atoms with van der Waals surface area (Å²) in [7, 11) is 0. The average Bonchev–Trinajstić information content (AvgIpc) is 3.13. The minimum atomic E-state index is 0.486. The van der Waals surface area contributed by atoms with E-state index in [2.05, 4.69) is 79.3 Å². The molecule has 0 bridgehead atoms. The quantitative estimate of drug-likeness (QED) is 0.669. The van der Waals surface area contributed by atoms with Gasteiger partial charge in [0.25, 0.3) is 0 Å². The van der Waals surface area contributed by atoms with Crippen LogP contribution in [0.5, 0.6) is 0 Å². The molecule has 0 amide bonds. The first-order valence-corrected chi connectivity index (χ1v) is 8.21. The second-order valence-electron chi connectivity index (χ2n) is 6.62. The molecular weight excluding hydrogens is 264 g/mol. The third-order valence-electron chi connectivity index (χ3n) is 5.47. The Morgan fingerprint density at radius 3 is 2.09 bits per heavy atom. The minimum Gasteiger partial charge on any atom is -0.0808 e. The highest BCUT2D eigenvalue weighted by Gasteiger charge is 2.41. The monoisotopic (exact) mass is 282 g/mol. The molecule has 2 aromatic carbocycles. The Kier molecular flexibility index (Phi) is 2.67. The summed E-state index contributed by atoms with van der Waals surface area (Å²) in [6, 6.07) is 17.9. The van der Waals surface area contributed by atoms with E-state index in [4.69, 9.17) is 0 Å². The van der Waals surface area contributed by atoms with Crippen LogP contribution in [0.1, 0.15) is 23.5 Å². The van der Waals surface area contributed by atoms with Gasteiger partial charge in [-0.25, -0.2) is 0 Å². The smallest absolute Gasteiger partial charge is 0.0136 e. The number of benzene rings is 2. The van der Waals surface area contributed by atoms with Crippen molar-refractivity contribution < 1.29 is 0 Å². The largest absolute Gasteiger partial charge is 0.0808 e. The van der Waals surface area contributed by atoms with E-state index in [-0.39, 0.29) is 0 Å². The Balaban J connectivity index is 1.60.